The molecule has 0 aromatic heterocycles. The molecule has 142 valence electrons. The van der Waals surface area contributed by atoms with Crippen molar-refractivity contribution >= 4 is 5.91 Å². The standard InChI is InChI=1S/C21H31N3O2/c1-16(25)17-5-6-19-14-22(8-7-18(19)13-17)15-21(26)24-11-9-23(10-12-24)20-3-2-4-20/h5-6,13,16,20,25H,2-4,7-12,14-15H2,1H3/t16-/m1/s1. The molecule has 0 unspecified atom stereocenters. The highest BCUT2D eigenvalue weighted by molar-refractivity contribution is 5.78. The van der Waals surface area contributed by atoms with Crippen molar-refractivity contribution in [3.63, 3.8) is 0 Å². The van der Waals surface area contributed by atoms with Crippen LogP contribution in [0.15, 0.2) is 18.2 Å². The molecule has 0 radical (unpaired) electrons. The van der Waals surface area contributed by atoms with Crippen molar-refractivity contribution in [2.75, 3.05) is 39.3 Å². The SMILES string of the molecule is C[C@@H](O)c1ccc2c(c1)CCN(CC(=O)N1CCN(C3CCC3)CC1)C2. The van der Waals surface area contributed by atoms with Gasteiger partial charge in [0.2, 0.25) is 5.91 Å². The van der Waals surface area contributed by atoms with E-state index in [0.29, 0.717) is 6.54 Å². The average Bonchev–Trinajstić information content (AvgIpc) is 2.60. The van der Waals surface area contributed by atoms with Gasteiger partial charge in [0.25, 0.3) is 0 Å². The molecule has 5 heteroatoms. The van der Waals surface area contributed by atoms with E-state index in [2.05, 4.69) is 26.8 Å². The van der Waals surface area contributed by atoms with Gasteiger partial charge in [0.1, 0.15) is 0 Å². The van der Waals surface area contributed by atoms with Crippen molar-refractivity contribution in [2.45, 2.75) is 51.3 Å². The molecule has 1 aromatic carbocycles. The predicted molar refractivity (Wildman–Crippen MR) is 102 cm³/mol. The predicted octanol–water partition coefficient (Wildman–Crippen LogP) is 1.79. The summed E-state index contributed by atoms with van der Waals surface area (Å²) in [4.78, 5) is 19.6. The molecule has 2 heterocycles. The second kappa shape index (κ2) is 7.67. The molecule has 2 aliphatic heterocycles. The summed E-state index contributed by atoms with van der Waals surface area (Å²) in [5.74, 6) is 0.280. The van der Waals surface area contributed by atoms with E-state index in [9.17, 15) is 9.90 Å². The van der Waals surface area contributed by atoms with Gasteiger partial charge in [-0.1, -0.05) is 24.6 Å². The molecule has 1 N–H and O–H groups in total. The molecule has 2 fully saturated rings. The maximum Gasteiger partial charge on any atom is 0.236 e. The number of amides is 1. The Balaban J connectivity index is 1.29. The van der Waals surface area contributed by atoms with Gasteiger partial charge in [-0.3, -0.25) is 14.6 Å². The first-order valence-electron chi connectivity index (χ1n) is 10.1. The molecule has 0 spiro atoms. The van der Waals surface area contributed by atoms with E-state index in [1.54, 1.807) is 6.92 Å². The number of rotatable bonds is 4. The average molecular weight is 357 g/mol. The summed E-state index contributed by atoms with van der Waals surface area (Å²) in [5.41, 5.74) is 3.60. The van der Waals surface area contributed by atoms with Crippen LogP contribution in [0.1, 0.15) is 49.0 Å². The Bertz CT molecular complexity index is 649. The smallest absolute Gasteiger partial charge is 0.236 e. The van der Waals surface area contributed by atoms with Crippen LogP contribution in [0.4, 0.5) is 0 Å². The van der Waals surface area contributed by atoms with Gasteiger partial charge >= 0.3 is 0 Å². The summed E-state index contributed by atoms with van der Waals surface area (Å²) in [6.07, 6.45) is 4.60. The fraction of sp³-hybridized carbons (Fsp3) is 0.667. The van der Waals surface area contributed by atoms with Crippen LogP contribution in [0.2, 0.25) is 0 Å². The molecule has 1 saturated carbocycles. The quantitative estimate of drug-likeness (QED) is 0.893. The molecule has 4 rings (SSSR count). The van der Waals surface area contributed by atoms with Crippen molar-refractivity contribution in [3.8, 4) is 0 Å². The Kier molecular flexibility index (Phi) is 5.30. The number of aliphatic hydroxyl groups is 1. The molecule has 1 aromatic rings. The van der Waals surface area contributed by atoms with Crippen LogP contribution in [0.25, 0.3) is 0 Å². The first-order chi connectivity index (χ1) is 12.6. The topological polar surface area (TPSA) is 47.0 Å². The largest absolute Gasteiger partial charge is 0.389 e. The van der Waals surface area contributed by atoms with E-state index in [-0.39, 0.29) is 5.91 Å². The van der Waals surface area contributed by atoms with E-state index in [1.165, 1.54) is 30.4 Å². The Morgan fingerprint density at radius 1 is 1.15 bits per heavy atom. The van der Waals surface area contributed by atoms with E-state index in [0.717, 1.165) is 57.3 Å². The van der Waals surface area contributed by atoms with Crippen LogP contribution in [0, 0.1) is 0 Å². The van der Waals surface area contributed by atoms with Crippen LogP contribution in [0.3, 0.4) is 0 Å². The third-order valence-electron chi connectivity index (χ3n) is 6.42. The Morgan fingerprint density at radius 3 is 2.58 bits per heavy atom. The minimum absolute atomic E-state index is 0.280. The normalized spacial score (nSPS) is 23.4. The molecule has 0 bridgehead atoms. The second-order valence-corrected chi connectivity index (χ2v) is 8.17. The van der Waals surface area contributed by atoms with Crippen LogP contribution in [-0.2, 0) is 17.8 Å². The number of carbonyl (C=O) groups excluding carboxylic acids is 1. The lowest BCUT2D eigenvalue weighted by Crippen LogP contribution is -2.55. The highest BCUT2D eigenvalue weighted by Crippen LogP contribution is 2.26. The van der Waals surface area contributed by atoms with E-state index < -0.39 is 6.10 Å². The number of fused-ring (bicyclic) bond motifs is 1. The van der Waals surface area contributed by atoms with Gasteiger partial charge in [0.05, 0.1) is 12.6 Å². The third kappa shape index (κ3) is 3.80. The van der Waals surface area contributed by atoms with Crippen molar-refractivity contribution in [3.05, 3.63) is 34.9 Å². The minimum Gasteiger partial charge on any atom is -0.389 e. The summed E-state index contributed by atoms with van der Waals surface area (Å²) in [7, 11) is 0. The van der Waals surface area contributed by atoms with Crippen molar-refractivity contribution in [1.29, 1.82) is 0 Å². The first kappa shape index (κ1) is 18.0. The number of benzene rings is 1. The molecular weight excluding hydrogens is 326 g/mol. The summed E-state index contributed by atoms with van der Waals surface area (Å²) < 4.78 is 0. The van der Waals surface area contributed by atoms with Crippen molar-refractivity contribution in [2.24, 2.45) is 0 Å². The zero-order valence-corrected chi connectivity index (χ0v) is 15.9. The summed E-state index contributed by atoms with van der Waals surface area (Å²) in [5, 5.41) is 9.75. The van der Waals surface area contributed by atoms with Crippen molar-refractivity contribution < 1.29 is 9.90 Å². The first-order valence-corrected chi connectivity index (χ1v) is 10.1. The van der Waals surface area contributed by atoms with Crippen LogP contribution in [0.5, 0.6) is 0 Å². The fourth-order valence-electron chi connectivity index (χ4n) is 4.41. The minimum atomic E-state index is -0.418. The van der Waals surface area contributed by atoms with E-state index in [1.807, 2.05) is 6.07 Å². The number of carbonyl (C=O) groups is 1. The number of hydrogen-bond donors (Lipinski definition) is 1. The Labute approximate surface area is 156 Å². The van der Waals surface area contributed by atoms with Gasteiger partial charge in [-0.05, 0) is 42.9 Å². The lowest BCUT2D eigenvalue weighted by Gasteiger charge is -2.43. The number of aliphatic hydroxyl groups excluding tert-OH is 1. The van der Waals surface area contributed by atoms with Gasteiger partial charge in [-0.25, -0.2) is 0 Å². The van der Waals surface area contributed by atoms with E-state index >= 15 is 0 Å². The third-order valence-corrected chi connectivity index (χ3v) is 6.42. The van der Waals surface area contributed by atoms with Gasteiger partial charge in [-0.2, -0.15) is 0 Å². The number of hydrogen-bond acceptors (Lipinski definition) is 4. The summed E-state index contributed by atoms with van der Waals surface area (Å²) >= 11 is 0. The highest BCUT2D eigenvalue weighted by Gasteiger charge is 2.30. The maximum absolute atomic E-state index is 12.7. The molecule has 1 atom stereocenters. The van der Waals surface area contributed by atoms with Gasteiger partial charge in [0.15, 0.2) is 0 Å². The Morgan fingerprint density at radius 2 is 1.92 bits per heavy atom. The second-order valence-electron chi connectivity index (χ2n) is 8.17. The number of nitrogens with zero attached hydrogens (tertiary/aromatic N) is 3. The molecule has 1 aliphatic carbocycles. The van der Waals surface area contributed by atoms with Gasteiger partial charge in [0, 0.05) is 45.3 Å². The van der Waals surface area contributed by atoms with Crippen LogP contribution < -0.4 is 0 Å². The maximum atomic E-state index is 12.7. The molecular formula is C21H31N3O2. The molecule has 26 heavy (non-hydrogen) atoms. The molecule has 3 aliphatic rings. The summed E-state index contributed by atoms with van der Waals surface area (Å²) in [6, 6.07) is 7.04. The monoisotopic (exact) mass is 357 g/mol. The molecule has 5 nitrogen and oxygen atoms in total. The Hall–Kier alpha value is -1.43. The van der Waals surface area contributed by atoms with E-state index in [4.69, 9.17) is 0 Å². The summed E-state index contributed by atoms with van der Waals surface area (Å²) in [6.45, 7) is 7.95. The van der Waals surface area contributed by atoms with Crippen LogP contribution in [-0.4, -0.2) is 71.0 Å². The molecule has 1 amide bonds. The molecule has 1 saturated heterocycles. The lowest BCUT2D eigenvalue weighted by atomic mass is 9.91. The number of piperazine rings is 1. The van der Waals surface area contributed by atoms with Gasteiger partial charge < -0.3 is 10.0 Å². The fourth-order valence-corrected chi connectivity index (χ4v) is 4.41. The highest BCUT2D eigenvalue weighted by atomic mass is 16.3. The lowest BCUT2D eigenvalue weighted by molar-refractivity contribution is -0.135. The van der Waals surface area contributed by atoms with Crippen molar-refractivity contribution in [1.82, 2.24) is 14.7 Å². The van der Waals surface area contributed by atoms with Crippen LogP contribution >= 0.6 is 0 Å². The van der Waals surface area contributed by atoms with Gasteiger partial charge in [-0.15, -0.1) is 0 Å². The zero-order chi connectivity index (χ0) is 18.1. The zero-order valence-electron chi connectivity index (χ0n) is 15.9.